The van der Waals surface area contributed by atoms with E-state index in [0.717, 1.165) is 78.7 Å². The van der Waals surface area contributed by atoms with Crippen molar-refractivity contribution in [3.63, 3.8) is 0 Å². The smallest absolute Gasteiger partial charge is 0.353 e. The number of aromatic amines is 2. The number of aryl methyl sites for hydroxylation is 12. The average molecular weight is 1830 g/mol. The molecule has 37 heteroatoms. The molecule has 4 aliphatic rings. The molecule has 13 rings (SSSR count). The van der Waals surface area contributed by atoms with Gasteiger partial charge in [-0.05, 0) is 186 Å². The molecule has 0 bridgehead atoms. The predicted octanol–water partition coefficient (Wildman–Crippen LogP) is 10.7. The van der Waals surface area contributed by atoms with E-state index in [-0.39, 0.29) is 75.0 Å². The van der Waals surface area contributed by atoms with E-state index in [9.17, 15) is 43.2 Å². The van der Waals surface area contributed by atoms with E-state index in [4.69, 9.17) is 29.2 Å². The van der Waals surface area contributed by atoms with Crippen molar-refractivity contribution in [1.29, 1.82) is 0 Å². The Bertz CT molecular complexity index is 4880. The summed E-state index contributed by atoms with van der Waals surface area (Å²) in [5.41, 5.74) is 5.85. The third-order valence-corrected chi connectivity index (χ3v) is 19.5. The number of aliphatic carboxylic acids is 1. The molecule has 0 spiro atoms. The Morgan fingerprint density at radius 1 is 0.586 bits per heavy atom. The molecule has 111 heavy (non-hydrogen) atoms. The summed E-state index contributed by atoms with van der Waals surface area (Å²) in [7, 11) is 6.23. The number of halogens is 4. The van der Waals surface area contributed by atoms with E-state index < -0.39 is 23.5 Å². The van der Waals surface area contributed by atoms with E-state index in [1.54, 1.807) is 37.6 Å². The van der Waals surface area contributed by atoms with Gasteiger partial charge in [-0.15, -0.1) is 53.3 Å². The molecule has 1 aliphatic heterocycles. The standard InChI is InChI=1S/C20H23N5O2S.C15H16BrN3O2.C10H16N2O2S.C10H13NO.2C5H5BrN2O2.C4HBrO3.C2H4O2.3CH4/c1-12-4-6-17(21-10-12)16-8-15(16)11-27-18-9-14(20(26)25(3)24-18)5-7-19-23-22-13(2)28-19;1-9-3-4-13(17-7-9)11-5-10(11)8-21-14-6-12(16)15(20)19(2)18-14;1-7-11-12-8(15-7)5-6-9(13)14-10(2,3)4;1-7-2-3-10(11-5-7)9-4-8(9)6-12;1-8-4(9)2-3(6)5(10)7-8;1-8-5(10)3(6)2-4(9)7-8;5-2-1-3(6)8-4(2)7;1-2(3)4;;;/h4,6,9-10,15-16H,5,7-8,11H2,1-3H3;3-4,6-7,10-11H,5,8H2,1-2H3;5-6H2,1-4H3;2-3,5,8-9,12H,4,6H2,1H3;2H,1H3,(H,7,10);2H,1H3,(H,7,9);1H;1H3,(H,3,4);3*1H4/t15-,16+;10-,11+;;8-,9?;;;;;;;/m11.1......./s1. The lowest BCUT2D eigenvalue weighted by Crippen LogP contribution is -2.26. The topological polar surface area (TPSA) is 415 Å². The number of aliphatic hydroxyl groups is 1. The van der Waals surface area contributed by atoms with Crippen LogP contribution in [0.15, 0.2) is 132 Å². The molecule has 1 unspecified atom stereocenters. The highest BCUT2D eigenvalue weighted by Gasteiger charge is 2.41. The first kappa shape index (κ1) is 96.2. The van der Waals surface area contributed by atoms with Crippen molar-refractivity contribution < 1.29 is 48.3 Å². The molecule has 9 aromatic heterocycles. The van der Waals surface area contributed by atoms with Crippen molar-refractivity contribution in [2.24, 2.45) is 45.9 Å². The summed E-state index contributed by atoms with van der Waals surface area (Å²) in [6, 6.07) is 18.3. The zero-order chi connectivity index (χ0) is 79.9. The van der Waals surface area contributed by atoms with Gasteiger partial charge >= 0.3 is 17.9 Å². The van der Waals surface area contributed by atoms with Gasteiger partial charge in [0.2, 0.25) is 11.8 Å². The van der Waals surface area contributed by atoms with Crippen LogP contribution in [0.5, 0.6) is 11.8 Å². The number of carboxylic acids is 1. The fraction of sp³-hybridized carbons (Fsp3) is 0.446. The highest BCUT2D eigenvalue weighted by atomic mass is 79.9. The lowest BCUT2D eigenvalue weighted by atomic mass is 10.2. The highest BCUT2D eigenvalue weighted by molar-refractivity contribution is 9.12. The summed E-state index contributed by atoms with van der Waals surface area (Å²) in [6.45, 7) is 18.1. The summed E-state index contributed by atoms with van der Waals surface area (Å²) >= 11 is 15.0. The lowest BCUT2D eigenvalue weighted by molar-refractivity contribution is -0.155. The first-order valence-corrected chi connectivity index (χ1v) is 38.2. The summed E-state index contributed by atoms with van der Waals surface area (Å²) in [5, 5.41) is 48.9. The molecule has 9 aromatic rings. The molecule has 3 fully saturated rings. The van der Waals surface area contributed by atoms with Crippen LogP contribution in [0.4, 0.5) is 0 Å². The van der Waals surface area contributed by atoms with Gasteiger partial charge in [-0.2, -0.15) is 0 Å². The highest BCUT2D eigenvalue weighted by Crippen LogP contribution is 2.48. The van der Waals surface area contributed by atoms with E-state index in [1.165, 1.54) is 63.6 Å². The van der Waals surface area contributed by atoms with Gasteiger partial charge in [-0.1, -0.05) is 40.5 Å². The second kappa shape index (κ2) is 45.5. The second-order valence-corrected chi connectivity index (χ2v) is 31.9. The van der Waals surface area contributed by atoms with Crippen LogP contribution in [-0.2, 0) is 76.1 Å². The van der Waals surface area contributed by atoms with Crippen LogP contribution in [0, 0.1) is 52.4 Å². The normalized spacial score (nSPS) is 16.3. The first-order chi connectivity index (χ1) is 50.9. The van der Waals surface area contributed by atoms with Gasteiger partial charge in [0.05, 0.1) is 33.1 Å². The summed E-state index contributed by atoms with van der Waals surface area (Å²) in [4.78, 5) is 121. The molecule has 3 saturated carbocycles. The monoisotopic (exact) mass is 1830 g/mol. The largest absolute Gasteiger partial charge is 0.481 e. The molecule has 3 aliphatic carbocycles. The van der Waals surface area contributed by atoms with Crippen molar-refractivity contribution in [2.75, 3.05) is 19.8 Å². The number of nitrogens with zero attached hydrogens (tertiary/aromatic N) is 13. The van der Waals surface area contributed by atoms with Crippen LogP contribution in [-0.4, -0.2) is 134 Å². The molecule has 602 valence electrons. The van der Waals surface area contributed by atoms with Crippen molar-refractivity contribution in [3.8, 4) is 11.8 Å². The number of hydrogen-bond acceptors (Lipinski definition) is 26. The minimum Gasteiger partial charge on any atom is -0.481 e. The molecule has 0 radical (unpaired) electrons. The van der Waals surface area contributed by atoms with Crippen LogP contribution in [0.2, 0.25) is 0 Å². The lowest BCUT2D eigenvalue weighted by Gasteiger charge is -2.19. The fourth-order valence-corrected chi connectivity index (χ4v) is 12.5. The Labute approximate surface area is 683 Å². The molecule has 6 atom stereocenters. The molecule has 0 amide bonds. The van der Waals surface area contributed by atoms with Gasteiger partial charge in [-0.3, -0.25) is 72.9 Å². The van der Waals surface area contributed by atoms with Gasteiger partial charge in [0.1, 0.15) is 30.1 Å². The van der Waals surface area contributed by atoms with E-state index in [0.29, 0.717) is 103 Å². The number of esters is 3. The quantitative estimate of drug-likeness (QED) is 0.0515. The Morgan fingerprint density at radius 2 is 1.04 bits per heavy atom. The molecular weight excluding hydrogens is 1740 g/mol. The van der Waals surface area contributed by atoms with E-state index >= 15 is 0 Å². The Hall–Kier alpha value is -9.01. The maximum absolute atomic E-state index is 12.4. The maximum Gasteiger partial charge on any atom is 0.353 e. The first-order valence-electron chi connectivity index (χ1n) is 33.4. The molecule has 31 nitrogen and oxygen atoms in total. The number of ether oxygens (including phenoxy) is 4. The van der Waals surface area contributed by atoms with Crippen molar-refractivity contribution in [2.45, 2.75) is 153 Å². The van der Waals surface area contributed by atoms with Gasteiger partial charge in [-0.25, -0.2) is 19.0 Å². The van der Waals surface area contributed by atoms with Gasteiger partial charge in [0, 0.05) is 156 Å². The Balaban J connectivity index is 0.000000345. The van der Waals surface area contributed by atoms with Crippen molar-refractivity contribution in [1.82, 2.24) is 74.5 Å². The van der Waals surface area contributed by atoms with E-state index in [2.05, 4.69) is 161 Å². The number of carboxylic acid groups (broad SMARTS) is 1. The minimum absolute atomic E-state index is 0. The van der Waals surface area contributed by atoms with E-state index in [1.807, 2.05) is 74.0 Å². The van der Waals surface area contributed by atoms with Gasteiger partial charge < -0.3 is 29.2 Å². The molecule has 10 heterocycles. The summed E-state index contributed by atoms with van der Waals surface area (Å²) in [6.07, 6.45) is 12.3. The second-order valence-electron chi connectivity index (χ2n) is 26.0. The van der Waals surface area contributed by atoms with Gasteiger partial charge in [0.25, 0.3) is 39.3 Å². The molecule has 0 aromatic carbocycles. The van der Waals surface area contributed by atoms with Crippen LogP contribution < -0.4 is 42.8 Å². The Morgan fingerprint density at radius 3 is 1.41 bits per heavy atom. The number of cyclic esters (lactones) is 2. The van der Waals surface area contributed by atoms with Crippen LogP contribution >= 0.6 is 86.4 Å². The number of pyridine rings is 3. The number of H-pyrrole nitrogens is 2. The number of carbonyl (C=O) groups excluding carboxylic acids is 3. The number of aliphatic hydroxyl groups excluding tert-OH is 1. The van der Waals surface area contributed by atoms with Crippen molar-refractivity contribution in [3.05, 3.63) is 225 Å². The number of rotatable bonds is 16. The van der Waals surface area contributed by atoms with Crippen LogP contribution in [0.3, 0.4) is 0 Å². The third-order valence-electron chi connectivity index (χ3n) is 15.4. The molecule has 0 saturated heterocycles. The third kappa shape index (κ3) is 33.5. The fourth-order valence-electron chi connectivity index (χ4n) is 9.56. The summed E-state index contributed by atoms with van der Waals surface area (Å²) < 4.78 is 26.9. The molecular formula is C74H95Br4N15O16S2. The number of nitrogens with one attached hydrogen (secondary N) is 2. The Kier molecular flexibility index (Phi) is 39.4. The summed E-state index contributed by atoms with van der Waals surface area (Å²) in [5.74, 6) is 1.55. The predicted molar refractivity (Wildman–Crippen MR) is 437 cm³/mol. The number of carbonyl (C=O) groups is 4. The maximum atomic E-state index is 12.4. The average Bonchev–Trinajstić information content (AvgIpc) is 1.67. The minimum atomic E-state index is -0.833. The zero-order valence-corrected chi connectivity index (χ0v) is 69.3. The number of aromatic nitrogens is 15. The number of hydrogen-bond donors (Lipinski definition) is 4. The molecule has 4 N–H and O–H groups in total. The van der Waals surface area contributed by atoms with Gasteiger partial charge in [0.15, 0.2) is 0 Å². The zero-order valence-electron chi connectivity index (χ0n) is 61.4. The van der Waals surface area contributed by atoms with Crippen LogP contribution in [0.1, 0.15) is 153 Å². The van der Waals surface area contributed by atoms with Crippen molar-refractivity contribution >= 4 is 110 Å². The van der Waals surface area contributed by atoms with Crippen LogP contribution in [0.25, 0.3) is 0 Å². The SMILES string of the molecule is C.C.C.CC(=O)O.Cc1ccc(C2C[C@@H]2CO)nc1.Cc1ccc([C@H]2C[C@@H]2COc2cc(Br)c(=O)n(C)n2)nc1.Cc1ccc([C@H]2C[C@@H]2COc2cc(CCc3nnc(C)s3)c(=O)n(C)n2)nc1.Cc1nnc(CCC(=O)OC(C)(C)C)s1.Cn1[nH]c(=O)c(Br)cc1=O.Cn1[nH]c(=O)cc(Br)c1=O.O=C1C=C(Br)C(=O)O1.